The smallest absolute Gasteiger partial charge is 0.234 e. The van der Waals surface area contributed by atoms with Crippen LogP contribution in [0.1, 0.15) is 11.4 Å². The molecule has 0 aliphatic heterocycles. The van der Waals surface area contributed by atoms with E-state index in [1.807, 2.05) is 18.2 Å². The van der Waals surface area contributed by atoms with Crippen molar-refractivity contribution in [3.05, 3.63) is 59.7 Å². The maximum absolute atomic E-state index is 13.9. The van der Waals surface area contributed by atoms with Crippen molar-refractivity contribution in [2.24, 2.45) is 0 Å². The standard InChI is InChI=1S/C18H15FN4O2S/c1-24-13-8-5-9-14(25-2)16(13)17-22-23-15(20-21-18(23)26-17)10-11-6-3-4-7-12(11)19/h3-9H,10H2,1-2H3. The van der Waals surface area contributed by atoms with Crippen LogP contribution in [0, 0.1) is 5.82 Å². The summed E-state index contributed by atoms with van der Waals surface area (Å²) in [6.07, 6.45) is 0.306. The van der Waals surface area contributed by atoms with Crippen molar-refractivity contribution in [3.63, 3.8) is 0 Å². The third-order valence-electron chi connectivity index (χ3n) is 4.00. The van der Waals surface area contributed by atoms with Crippen LogP contribution in [0.15, 0.2) is 42.5 Å². The van der Waals surface area contributed by atoms with Crippen LogP contribution in [-0.4, -0.2) is 34.0 Å². The van der Waals surface area contributed by atoms with E-state index in [-0.39, 0.29) is 5.82 Å². The van der Waals surface area contributed by atoms with Crippen molar-refractivity contribution in [2.45, 2.75) is 6.42 Å². The van der Waals surface area contributed by atoms with Crippen LogP contribution in [0.25, 0.3) is 15.5 Å². The van der Waals surface area contributed by atoms with Crippen LogP contribution in [0.2, 0.25) is 0 Å². The van der Waals surface area contributed by atoms with Gasteiger partial charge in [-0.25, -0.2) is 4.39 Å². The van der Waals surface area contributed by atoms with Crippen molar-refractivity contribution in [1.29, 1.82) is 0 Å². The molecule has 2 aromatic carbocycles. The lowest BCUT2D eigenvalue weighted by Gasteiger charge is -2.10. The summed E-state index contributed by atoms with van der Waals surface area (Å²) in [6.45, 7) is 0. The largest absolute Gasteiger partial charge is 0.496 e. The van der Waals surface area contributed by atoms with E-state index in [9.17, 15) is 4.39 Å². The Hall–Kier alpha value is -3.00. The predicted molar refractivity (Wildman–Crippen MR) is 96.4 cm³/mol. The molecule has 6 nitrogen and oxygen atoms in total. The molecular weight excluding hydrogens is 355 g/mol. The molecule has 0 spiro atoms. The van der Waals surface area contributed by atoms with E-state index in [1.165, 1.54) is 17.4 Å². The molecule has 0 N–H and O–H groups in total. The lowest BCUT2D eigenvalue weighted by molar-refractivity contribution is 0.397. The van der Waals surface area contributed by atoms with E-state index in [4.69, 9.17) is 9.47 Å². The van der Waals surface area contributed by atoms with Crippen molar-refractivity contribution in [2.75, 3.05) is 14.2 Å². The Bertz CT molecular complexity index is 1050. The van der Waals surface area contributed by atoms with Gasteiger partial charge in [-0.3, -0.25) is 0 Å². The summed E-state index contributed by atoms with van der Waals surface area (Å²) in [5, 5.41) is 13.6. The Labute approximate surface area is 152 Å². The number of aromatic nitrogens is 4. The van der Waals surface area contributed by atoms with E-state index in [2.05, 4.69) is 15.3 Å². The first-order chi connectivity index (χ1) is 12.7. The number of nitrogens with zero attached hydrogens (tertiary/aromatic N) is 4. The molecule has 26 heavy (non-hydrogen) atoms. The summed E-state index contributed by atoms with van der Waals surface area (Å²) in [4.78, 5) is 0.624. The van der Waals surface area contributed by atoms with Crippen molar-refractivity contribution < 1.29 is 13.9 Å². The van der Waals surface area contributed by atoms with Gasteiger partial charge in [-0.15, -0.1) is 10.2 Å². The molecule has 0 fully saturated rings. The molecule has 0 bridgehead atoms. The molecular formula is C18H15FN4O2S. The zero-order valence-electron chi connectivity index (χ0n) is 14.1. The quantitative estimate of drug-likeness (QED) is 0.537. The van der Waals surface area contributed by atoms with E-state index in [0.29, 0.717) is 39.3 Å². The molecule has 0 unspecified atom stereocenters. The fraction of sp³-hybridized carbons (Fsp3) is 0.167. The average molecular weight is 370 g/mol. The Morgan fingerprint density at radius 3 is 2.42 bits per heavy atom. The lowest BCUT2D eigenvalue weighted by atomic mass is 10.1. The van der Waals surface area contributed by atoms with E-state index in [1.54, 1.807) is 36.9 Å². The number of fused-ring (bicyclic) bond motifs is 1. The van der Waals surface area contributed by atoms with Gasteiger partial charge >= 0.3 is 0 Å². The molecule has 0 atom stereocenters. The van der Waals surface area contributed by atoms with Crippen LogP contribution in [0.4, 0.5) is 4.39 Å². The number of hydrogen-bond donors (Lipinski definition) is 0. The highest BCUT2D eigenvalue weighted by Crippen LogP contribution is 2.40. The van der Waals surface area contributed by atoms with E-state index < -0.39 is 0 Å². The van der Waals surface area contributed by atoms with Gasteiger partial charge in [0.1, 0.15) is 17.3 Å². The Morgan fingerprint density at radius 1 is 1.00 bits per heavy atom. The first-order valence-corrected chi connectivity index (χ1v) is 8.68. The van der Waals surface area contributed by atoms with Crippen LogP contribution < -0.4 is 9.47 Å². The van der Waals surface area contributed by atoms with Gasteiger partial charge in [-0.2, -0.15) is 9.61 Å². The zero-order valence-corrected chi connectivity index (χ0v) is 15.0. The first kappa shape index (κ1) is 16.5. The van der Waals surface area contributed by atoms with Crippen molar-refractivity contribution >= 4 is 16.3 Å². The minimum atomic E-state index is -0.272. The number of hydrogen-bond acceptors (Lipinski definition) is 6. The van der Waals surface area contributed by atoms with E-state index >= 15 is 0 Å². The molecule has 0 aliphatic rings. The lowest BCUT2D eigenvalue weighted by Crippen LogP contribution is -2.00. The van der Waals surface area contributed by atoms with Crippen LogP contribution in [-0.2, 0) is 6.42 Å². The predicted octanol–water partition coefficient (Wildman–Crippen LogP) is 3.60. The van der Waals surface area contributed by atoms with Gasteiger partial charge in [0.05, 0.1) is 19.8 Å². The van der Waals surface area contributed by atoms with Gasteiger partial charge < -0.3 is 9.47 Å². The third-order valence-corrected chi connectivity index (χ3v) is 4.92. The highest BCUT2D eigenvalue weighted by Gasteiger charge is 2.20. The molecule has 2 aromatic heterocycles. The number of halogens is 1. The van der Waals surface area contributed by atoms with Gasteiger partial charge in [0, 0.05) is 6.42 Å². The van der Waals surface area contributed by atoms with Gasteiger partial charge in [-0.1, -0.05) is 35.6 Å². The van der Waals surface area contributed by atoms with Gasteiger partial charge in [0.25, 0.3) is 0 Å². The van der Waals surface area contributed by atoms with Crippen LogP contribution in [0.5, 0.6) is 11.5 Å². The van der Waals surface area contributed by atoms with Crippen LogP contribution >= 0.6 is 11.3 Å². The van der Waals surface area contributed by atoms with Crippen LogP contribution in [0.3, 0.4) is 0 Å². The molecule has 132 valence electrons. The average Bonchev–Trinajstić information content (AvgIpc) is 3.24. The second-order valence-electron chi connectivity index (χ2n) is 5.52. The highest BCUT2D eigenvalue weighted by molar-refractivity contribution is 7.19. The molecule has 8 heteroatoms. The SMILES string of the molecule is COc1cccc(OC)c1-c1nn2c(Cc3ccccc3F)nnc2s1. The van der Waals surface area contributed by atoms with E-state index in [0.717, 1.165) is 5.56 Å². The fourth-order valence-electron chi connectivity index (χ4n) is 2.74. The topological polar surface area (TPSA) is 61.5 Å². The maximum Gasteiger partial charge on any atom is 0.234 e. The molecule has 2 heterocycles. The Balaban J connectivity index is 1.79. The second-order valence-corrected chi connectivity index (χ2v) is 6.48. The zero-order chi connectivity index (χ0) is 18.1. The molecule has 4 rings (SSSR count). The number of benzene rings is 2. The minimum absolute atomic E-state index is 0.272. The second kappa shape index (κ2) is 6.72. The summed E-state index contributed by atoms with van der Waals surface area (Å²) < 4.78 is 26.5. The number of rotatable bonds is 5. The van der Waals surface area contributed by atoms with Crippen molar-refractivity contribution in [3.8, 4) is 22.1 Å². The molecule has 0 radical (unpaired) electrons. The Kier molecular flexibility index (Phi) is 4.26. The first-order valence-electron chi connectivity index (χ1n) is 7.87. The summed E-state index contributed by atoms with van der Waals surface area (Å²) in [5.41, 5.74) is 1.30. The highest BCUT2D eigenvalue weighted by atomic mass is 32.1. The molecule has 0 saturated carbocycles. The number of ether oxygens (including phenoxy) is 2. The van der Waals surface area contributed by atoms with Gasteiger partial charge in [-0.05, 0) is 23.8 Å². The Morgan fingerprint density at radius 2 is 1.73 bits per heavy atom. The molecule has 0 amide bonds. The normalized spacial score (nSPS) is 11.0. The molecule has 0 aliphatic carbocycles. The minimum Gasteiger partial charge on any atom is -0.496 e. The summed E-state index contributed by atoms with van der Waals surface area (Å²) in [6, 6.07) is 12.2. The third kappa shape index (κ3) is 2.78. The molecule has 4 aromatic rings. The summed E-state index contributed by atoms with van der Waals surface area (Å²) in [5.74, 6) is 1.61. The summed E-state index contributed by atoms with van der Waals surface area (Å²) in [7, 11) is 3.20. The molecule has 0 saturated heterocycles. The number of methoxy groups -OCH3 is 2. The summed E-state index contributed by atoms with van der Waals surface area (Å²) >= 11 is 1.37. The van der Waals surface area contributed by atoms with Crippen molar-refractivity contribution in [1.82, 2.24) is 19.8 Å². The van der Waals surface area contributed by atoms with Gasteiger partial charge in [0.2, 0.25) is 4.96 Å². The fourth-order valence-corrected chi connectivity index (χ4v) is 3.66. The monoisotopic (exact) mass is 370 g/mol. The maximum atomic E-state index is 13.9. The van der Waals surface area contributed by atoms with Gasteiger partial charge in [0.15, 0.2) is 10.8 Å².